The Hall–Kier alpha value is 0.0969. The molecule has 0 aliphatic rings. The molecule has 4 heteroatoms. The fraction of sp³-hybridized carbons (Fsp3) is 1.00. The van der Waals surface area contributed by atoms with Gasteiger partial charge in [0.25, 0.3) is 0 Å². The standard InChI is InChI=1S/C8H20O3Si/c1-9-5-6-11-8-10-4-3-7-12-2/h3-8,12H2,1-2H3. The Morgan fingerprint density at radius 3 is 2.50 bits per heavy atom. The molecule has 0 saturated heterocycles. The third-order valence-electron chi connectivity index (χ3n) is 1.49. The Morgan fingerprint density at radius 2 is 1.83 bits per heavy atom. The number of ether oxygens (including phenoxy) is 3. The van der Waals surface area contributed by atoms with Crippen molar-refractivity contribution < 1.29 is 14.2 Å². The van der Waals surface area contributed by atoms with Gasteiger partial charge in [-0.05, 0) is 6.42 Å². The third kappa shape index (κ3) is 10.1. The van der Waals surface area contributed by atoms with Gasteiger partial charge in [0.05, 0.1) is 13.2 Å². The molecule has 0 aromatic rings. The Bertz CT molecular complexity index is 70.7. The van der Waals surface area contributed by atoms with Crippen molar-refractivity contribution in [3.8, 4) is 0 Å². The topological polar surface area (TPSA) is 27.7 Å². The van der Waals surface area contributed by atoms with Crippen LogP contribution in [0.4, 0.5) is 0 Å². The number of hydrogen-bond acceptors (Lipinski definition) is 3. The lowest BCUT2D eigenvalue weighted by Crippen LogP contribution is -2.06. The van der Waals surface area contributed by atoms with Crippen molar-refractivity contribution in [2.24, 2.45) is 0 Å². The second-order valence-electron chi connectivity index (χ2n) is 2.63. The third-order valence-corrected chi connectivity index (χ3v) is 2.70. The molecule has 0 radical (unpaired) electrons. The summed E-state index contributed by atoms with van der Waals surface area (Å²) in [5, 5.41) is 0. The lowest BCUT2D eigenvalue weighted by atomic mass is 10.5. The van der Waals surface area contributed by atoms with E-state index in [1.807, 2.05) is 0 Å². The number of methoxy groups -OCH3 is 1. The van der Waals surface area contributed by atoms with Gasteiger partial charge in [0, 0.05) is 23.2 Å². The summed E-state index contributed by atoms with van der Waals surface area (Å²) in [4.78, 5) is 0. The van der Waals surface area contributed by atoms with Crippen LogP contribution in [0.25, 0.3) is 0 Å². The van der Waals surface area contributed by atoms with Gasteiger partial charge >= 0.3 is 0 Å². The van der Waals surface area contributed by atoms with Crippen molar-refractivity contribution in [2.45, 2.75) is 19.0 Å². The fourth-order valence-corrected chi connectivity index (χ4v) is 1.48. The van der Waals surface area contributed by atoms with E-state index in [1.165, 1.54) is 12.5 Å². The second-order valence-corrected chi connectivity index (χ2v) is 4.34. The molecule has 0 atom stereocenters. The van der Waals surface area contributed by atoms with Crippen LogP contribution in [-0.2, 0) is 14.2 Å². The first kappa shape index (κ1) is 12.1. The summed E-state index contributed by atoms with van der Waals surface area (Å²) >= 11 is 0. The molecular formula is C8H20O3Si. The lowest BCUT2D eigenvalue weighted by molar-refractivity contribution is -0.0653. The smallest absolute Gasteiger partial charge is 0.146 e. The SMILES string of the molecule is COCCOCOCCC[SiH2]C. The van der Waals surface area contributed by atoms with Crippen LogP contribution in [0.5, 0.6) is 0 Å². The van der Waals surface area contributed by atoms with Gasteiger partial charge in [0.1, 0.15) is 6.79 Å². The zero-order valence-electron chi connectivity index (χ0n) is 8.17. The van der Waals surface area contributed by atoms with Gasteiger partial charge < -0.3 is 14.2 Å². The Morgan fingerprint density at radius 1 is 1.08 bits per heavy atom. The monoisotopic (exact) mass is 192 g/mol. The van der Waals surface area contributed by atoms with Crippen molar-refractivity contribution in [1.82, 2.24) is 0 Å². The van der Waals surface area contributed by atoms with Crippen LogP contribution in [0.1, 0.15) is 6.42 Å². The lowest BCUT2D eigenvalue weighted by Gasteiger charge is -2.04. The molecule has 0 spiro atoms. The molecule has 0 bridgehead atoms. The number of hydrogen-bond donors (Lipinski definition) is 0. The van der Waals surface area contributed by atoms with E-state index < -0.39 is 0 Å². The molecule has 0 aliphatic carbocycles. The predicted molar refractivity (Wildman–Crippen MR) is 52.5 cm³/mol. The molecule has 0 heterocycles. The summed E-state index contributed by atoms with van der Waals surface area (Å²) in [6, 6.07) is 1.37. The molecule has 0 N–H and O–H groups in total. The first-order chi connectivity index (χ1) is 5.91. The summed E-state index contributed by atoms with van der Waals surface area (Å²) in [5.74, 6) is 0. The zero-order chi connectivity index (χ0) is 9.07. The van der Waals surface area contributed by atoms with Gasteiger partial charge in [0.15, 0.2) is 0 Å². The highest BCUT2D eigenvalue weighted by Gasteiger charge is 1.88. The van der Waals surface area contributed by atoms with Crippen LogP contribution < -0.4 is 0 Å². The summed E-state index contributed by atoms with van der Waals surface area (Å²) in [6.45, 7) is 4.84. The molecule has 0 unspecified atom stereocenters. The fourth-order valence-electron chi connectivity index (χ4n) is 0.773. The van der Waals surface area contributed by atoms with Crippen molar-refractivity contribution >= 4 is 9.52 Å². The zero-order valence-corrected chi connectivity index (χ0v) is 9.59. The molecule has 0 amide bonds. The van der Waals surface area contributed by atoms with Crippen LogP contribution in [0.3, 0.4) is 0 Å². The normalized spacial score (nSPS) is 11.5. The first-order valence-electron chi connectivity index (χ1n) is 4.56. The Labute approximate surface area is 77.2 Å². The summed E-state index contributed by atoms with van der Waals surface area (Å²) < 4.78 is 15.2. The van der Waals surface area contributed by atoms with E-state index in [1.54, 1.807) is 7.11 Å². The maximum atomic E-state index is 5.23. The van der Waals surface area contributed by atoms with Crippen LogP contribution in [0, 0.1) is 0 Å². The maximum absolute atomic E-state index is 5.23. The van der Waals surface area contributed by atoms with E-state index in [4.69, 9.17) is 14.2 Å². The van der Waals surface area contributed by atoms with Gasteiger partial charge in [-0.25, -0.2) is 0 Å². The minimum Gasteiger partial charge on any atom is -0.382 e. The molecule has 0 fully saturated rings. The first-order valence-corrected chi connectivity index (χ1v) is 6.97. The Balaban J connectivity index is 2.73. The summed E-state index contributed by atoms with van der Waals surface area (Å²) in [7, 11) is 1.89. The van der Waals surface area contributed by atoms with Gasteiger partial charge in [-0.15, -0.1) is 0 Å². The molecule has 0 saturated carbocycles. The molecule has 0 aromatic carbocycles. The van der Waals surface area contributed by atoms with Crippen LogP contribution >= 0.6 is 0 Å². The largest absolute Gasteiger partial charge is 0.382 e. The maximum Gasteiger partial charge on any atom is 0.146 e. The van der Waals surface area contributed by atoms with E-state index in [2.05, 4.69) is 6.55 Å². The second kappa shape index (κ2) is 11.1. The summed E-state index contributed by atoms with van der Waals surface area (Å²) in [6.07, 6.45) is 1.19. The van der Waals surface area contributed by atoms with Crippen LogP contribution in [0.2, 0.25) is 12.6 Å². The van der Waals surface area contributed by atoms with Gasteiger partial charge in [-0.3, -0.25) is 0 Å². The van der Waals surface area contributed by atoms with Gasteiger partial charge in [0.2, 0.25) is 0 Å². The molecule has 12 heavy (non-hydrogen) atoms. The molecule has 3 nitrogen and oxygen atoms in total. The Kier molecular flexibility index (Phi) is 11.2. The van der Waals surface area contributed by atoms with Crippen molar-refractivity contribution in [1.29, 1.82) is 0 Å². The molecule has 74 valence electrons. The van der Waals surface area contributed by atoms with E-state index in [-0.39, 0.29) is 9.52 Å². The minimum absolute atomic E-state index is 0.226. The van der Waals surface area contributed by atoms with Gasteiger partial charge in [-0.2, -0.15) is 0 Å². The highest BCUT2D eigenvalue weighted by Crippen LogP contribution is 1.89. The van der Waals surface area contributed by atoms with Crippen molar-refractivity contribution in [2.75, 3.05) is 33.7 Å². The van der Waals surface area contributed by atoms with E-state index in [0.29, 0.717) is 20.0 Å². The van der Waals surface area contributed by atoms with E-state index >= 15 is 0 Å². The predicted octanol–water partition coefficient (Wildman–Crippen LogP) is 0.649. The van der Waals surface area contributed by atoms with E-state index in [0.717, 1.165) is 6.61 Å². The highest BCUT2D eigenvalue weighted by molar-refractivity contribution is 6.33. The van der Waals surface area contributed by atoms with Crippen molar-refractivity contribution in [3.63, 3.8) is 0 Å². The van der Waals surface area contributed by atoms with Crippen LogP contribution in [-0.4, -0.2) is 43.2 Å². The number of rotatable bonds is 9. The quantitative estimate of drug-likeness (QED) is 0.305. The highest BCUT2D eigenvalue weighted by atomic mass is 28.2. The molecular weight excluding hydrogens is 172 g/mol. The molecule has 0 rings (SSSR count). The molecule has 0 aliphatic heterocycles. The van der Waals surface area contributed by atoms with Gasteiger partial charge in [-0.1, -0.05) is 12.6 Å². The average molecular weight is 192 g/mol. The van der Waals surface area contributed by atoms with E-state index in [9.17, 15) is 0 Å². The molecule has 0 aromatic heterocycles. The average Bonchev–Trinajstić information content (AvgIpc) is 2.10. The minimum atomic E-state index is 0.226. The van der Waals surface area contributed by atoms with Crippen LogP contribution in [0.15, 0.2) is 0 Å². The summed E-state index contributed by atoms with van der Waals surface area (Å²) in [5.41, 5.74) is 0. The van der Waals surface area contributed by atoms with Crippen molar-refractivity contribution in [3.05, 3.63) is 0 Å².